The Bertz CT molecular complexity index is 1080. The van der Waals surface area contributed by atoms with Crippen LogP contribution in [0.2, 0.25) is 0 Å². The van der Waals surface area contributed by atoms with Crippen molar-refractivity contribution in [2.45, 2.75) is 33.1 Å². The second-order valence-electron chi connectivity index (χ2n) is 8.07. The number of hydrogen-bond donors (Lipinski definition) is 0. The van der Waals surface area contributed by atoms with E-state index in [0.29, 0.717) is 28.5 Å². The molecule has 0 N–H and O–H groups in total. The van der Waals surface area contributed by atoms with Crippen molar-refractivity contribution >= 4 is 23.1 Å². The highest BCUT2D eigenvalue weighted by molar-refractivity contribution is 6.45. The van der Waals surface area contributed by atoms with Crippen LogP contribution >= 0.6 is 0 Å². The van der Waals surface area contributed by atoms with Gasteiger partial charge < -0.3 is 14.4 Å². The monoisotopic (exact) mass is 404 g/mol. The Morgan fingerprint density at radius 2 is 1.60 bits per heavy atom. The molecule has 6 heteroatoms. The molecule has 3 aliphatic heterocycles. The number of amides is 2. The van der Waals surface area contributed by atoms with Crippen molar-refractivity contribution in [3.8, 4) is 11.5 Å². The van der Waals surface area contributed by atoms with Crippen molar-refractivity contribution in [1.29, 1.82) is 0 Å². The average molecular weight is 404 g/mol. The molecule has 0 atom stereocenters. The quantitative estimate of drug-likeness (QED) is 0.729. The summed E-state index contributed by atoms with van der Waals surface area (Å²) in [5, 5.41) is 0. The molecule has 3 heterocycles. The van der Waals surface area contributed by atoms with E-state index < -0.39 is 0 Å². The van der Waals surface area contributed by atoms with Crippen LogP contribution in [0.4, 0.5) is 5.69 Å². The van der Waals surface area contributed by atoms with E-state index >= 15 is 0 Å². The van der Waals surface area contributed by atoms with Crippen LogP contribution < -0.4 is 14.4 Å². The summed E-state index contributed by atoms with van der Waals surface area (Å²) >= 11 is 0. The molecule has 1 fully saturated rings. The number of imide groups is 1. The first-order valence-corrected chi connectivity index (χ1v) is 10.4. The van der Waals surface area contributed by atoms with Crippen molar-refractivity contribution in [3.05, 3.63) is 58.8 Å². The van der Waals surface area contributed by atoms with E-state index in [0.717, 1.165) is 49.0 Å². The lowest BCUT2D eigenvalue weighted by Crippen LogP contribution is -2.37. The van der Waals surface area contributed by atoms with Crippen LogP contribution in [0.25, 0.3) is 5.57 Å². The number of ether oxygens (including phenoxy) is 2. The first-order valence-electron chi connectivity index (χ1n) is 10.4. The predicted octanol–water partition coefficient (Wildman–Crippen LogP) is 3.80. The molecule has 2 amide bonds. The number of fused-ring (bicyclic) bond motifs is 1. The van der Waals surface area contributed by atoms with Gasteiger partial charge in [0.25, 0.3) is 11.8 Å². The number of likely N-dealkylation sites (tertiary alicyclic amines) is 1. The summed E-state index contributed by atoms with van der Waals surface area (Å²) < 4.78 is 10.8. The van der Waals surface area contributed by atoms with Crippen LogP contribution in [0.3, 0.4) is 0 Å². The van der Waals surface area contributed by atoms with Crippen molar-refractivity contribution in [1.82, 2.24) is 4.90 Å². The molecule has 1 saturated heterocycles. The number of carbonyl (C=O) groups is 2. The molecule has 2 aromatic carbocycles. The molecule has 0 saturated carbocycles. The van der Waals surface area contributed by atoms with E-state index in [1.54, 1.807) is 18.2 Å². The lowest BCUT2D eigenvalue weighted by molar-refractivity contribution is -0.120. The van der Waals surface area contributed by atoms with E-state index in [-0.39, 0.29) is 18.6 Å². The topological polar surface area (TPSA) is 59.1 Å². The van der Waals surface area contributed by atoms with E-state index in [1.165, 1.54) is 4.90 Å². The third-order valence-electron chi connectivity index (χ3n) is 6.00. The van der Waals surface area contributed by atoms with Crippen LogP contribution in [-0.2, 0) is 9.59 Å². The summed E-state index contributed by atoms with van der Waals surface area (Å²) in [5.74, 6) is 0.617. The second kappa shape index (κ2) is 7.20. The Balaban J connectivity index is 1.63. The van der Waals surface area contributed by atoms with Gasteiger partial charge in [0.05, 0.1) is 11.3 Å². The molecular formula is C24H24N2O4. The van der Waals surface area contributed by atoms with Crippen LogP contribution in [0.5, 0.6) is 11.5 Å². The highest BCUT2D eigenvalue weighted by atomic mass is 16.7. The van der Waals surface area contributed by atoms with Gasteiger partial charge in [0.1, 0.15) is 5.70 Å². The van der Waals surface area contributed by atoms with Gasteiger partial charge >= 0.3 is 0 Å². The van der Waals surface area contributed by atoms with Gasteiger partial charge in [-0.2, -0.15) is 0 Å². The smallest absolute Gasteiger partial charge is 0.282 e. The van der Waals surface area contributed by atoms with Gasteiger partial charge in [0.2, 0.25) is 6.79 Å². The van der Waals surface area contributed by atoms with E-state index in [1.807, 2.05) is 26.0 Å². The zero-order chi connectivity index (χ0) is 20.8. The molecule has 6 nitrogen and oxygen atoms in total. The molecule has 154 valence electrons. The van der Waals surface area contributed by atoms with Gasteiger partial charge in [0.15, 0.2) is 11.5 Å². The number of hydrogen-bond acceptors (Lipinski definition) is 5. The largest absolute Gasteiger partial charge is 0.454 e. The molecule has 0 spiro atoms. The maximum atomic E-state index is 13.7. The fourth-order valence-electron chi connectivity index (χ4n) is 4.52. The van der Waals surface area contributed by atoms with Crippen molar-refractivity contribution in [2.75, 3.05) is 24.8 Å². The van der Waals surface area contributed by atoms with Gasteiger partial charge in [-0.05, 0) is 56.4 Å². The summed E-state index contributed by atoms with van der Waals surface area (Å²) in [6.45, 7) is 5.74. The standard InChI is InChI=1S/C24H24N2O4/c1-15-6-8-18(16(2)12-15)21-22(25-10-4-3-5-11-25)24(28)26(23(21)27)17-7-9-19-20(13-17)30-14-29-19/h6-9,12-13H,3-5,10-11,14H2,1-2H3. The number of benzene rings is 2. The Labute approximate surface area is 175 Å². The normalized spacial score (nSPS) is 18.6. The lowest BCUT2D eigenvalue weighted by Gasteiger charge is -2.29. The van der Waals surface area contributed by atoms with E-state index in [9.17, 15) is 9.59 Å². The maximum Gasteiger partial charge on any atom is 0.282 e. The van der Waals surface area contributed by atoms with Gasteiger partial charge in [0, 0.05) is 19.2 Å². The minimum atomic E-state index is -0.286. The lowest BCUT2D eigenvalue weighted by atomic mass is 9.97. The van der Waals surface area contributed by atoms with Crippen molar-refractivity contribution in [2.24, 2.45) is 0 Å². The Morgan fingerprint density at radius 1 is 0.833 bits per heavy atom. The van der Waals surface area contributed by atoms with Crippen LogP contribution in [-0.4, -0.2) is 36.6 Å². The van der Waals surface area contributed by atoms with Gasteiger partial charge in [-0.25, -0.2) is 4.90 Å². The molecule has 3 aliphatic rings. The molecule has 0 aliphatic carbocycles. The van der Waals surface area contributed by atoms with Crippen LogP contribution in [0.15, 0.2) is 42.1 Å². The molecule has 0 radical (unpaired) electrons. The predicted molar refractivity (Wildman–Crippen MR) is 113 cm³/mol. The number of aryl methyl sites for hydroxylation is 2. The highest BCUT2D eigenvalue weighted by Gasteiger charge is 2.43. The van der Waals surface area contributed by atoms with Crippen LogP contribution in [0.1, 0.15) is 36.0 Å². The van der Waals surface area contributed by atoms with Gasteiger partial charge in [-0.15, -0.1) is 0 Å². The van der Waals surface area contributed by atoms with Crippen molar-refractivity contribution < 1.29 is 19.1 Å². The minimum absolute atomic E-state index is 0.145. The summed E-state index contributed by atoms with van der Waals surface area (Å²) in [4.78, 5) is 30.6. The molecule has 0 bridgehead atoms. The maximum absolute atomic E-state index is 13.7. The van der Waals surface area contributed by atoms with Crippen LogP contribution in [0, 0.1) is 13.8 Å². The molecular weight excluding hydrogens is 380 g/mol. The number of nitrogens with zero attached hydrogens (tertiary/aromatic N) is 2. The van der Waals surface area contributed by atoms with E-state index in [4.69, 9.17) is 9.47 Å². The molecule has 0 aromatic heterocycles. The Hall–Kier alpha value is -3.28. The third-order valence-corrected chi connectivity index (χ3v) is 6.00. The zero-order valence-electron chi connectivity index (χ0n) is 17.2. The number of carbonyl (C=O) groups excluding carboxylic acids is 2. The minimum Gasteiger partial charge on any atom is -0.454 e. The third kappa shape index (κ3) is 2.95. The first kappa shape index (κ1) is 18.7. The molecule has 30 heavy (non-hydrogen) atoms. The molecule has 2 aromatic rings. The first-order chi connectivity index (χ1) is 14.5. The van der Waals surface area contributed by atoms with E-state index in [2.05, 4.69) is 11.0 Å². The number of piperidine rings is 1. The fourth-order valence-corrected chi connectivity index (χ4v) is 4.52. The van der Waals surface area contributed by atoms with Gasteiger partial charge in [-0.3, -0.25) is 9.59 Å². The van der Waals surface area contributed by atoms with Crippen molar-refractivity contribution in [3.63, 3.8) is 0 Å². The summed E-state index contributed by atoms with van der Waals surface area (Å²) in [6.07, 6.45) is 3.20. The Morgan fingerprint density at radius 3 is 2.37 bits per heavy atom. The summed E-state index contributed by atoms with van der Waals surface area (Å²) in [6, 6.07) is 11.2. The molecule has 5 rings (SSSR count). The average Bonchev–Trinajstić information content (AvgIpc) is 3.30. The SMILES string of the molecule is Cc1ccc(C2=C(N3CCCCC3)C(=O)N(c3ccc4c(c3)OCO4)C2=O)c(C)c1. The number of rotatable bonds is 3. The highest BCUT2D eigenvalue weighted by Crippen LogP contribution is 2.41. The summed E-state index contributed by atoms with van der Waals surface area (Å²) in [7, 11) is 0. The zero-order valence-corrected chi connectivity index (χ0v) is 17.2. The van der Waals surface area contributed by atoms with Gasteiger partial charge in [-0.1, -0.05) is 23.8 Å². The Kier molecular flexibility index (Phi) is 4.50. The summed E-state index contributed by atoms with van der Waals surface area (Å²) in [5.41, 5.74) is 4.46. The number of anilines is 1. The second-order valence-corrected chi connectivity index (χ2v) is 8.07. The molecule has 0 unspecified atom stereocenters. The fraction of sp³-hybridized carbons (Fsp3) is 0.333.